The van der Waals surface area contributed by atoms with E-state index in [0.717, 1.165) is 18.4 Å². The van der Waals surface area contributed by atoms with Crippen molar-refractivity contribution in [2.75, 3.05) is 49.5 Å². The monoisotopic (exact) mass is 599 g/mol. The zero-order valence-electron chi connectivity index (χ0n) is 24.2. The van der Waals surface area contributed by atoms with Crippen molar-refractivity contribution < 1.29 is 19.0 Å². The zero-order valence-corrected chi connectivity index (χ0v) is 24.2. The van der Waals surface area contributed by atoms with Crippen LogP contribution in [0.1, 0.15) is 24.8 Å². The highest BCUT2D eigenvalue weighted by Gasteiger charge is 2.27. The van der Waals surface area contributed by atoms with Gasteiger partial charge in [0.25, 0.3) is 0 Å². The third-order valence-electron chi connectivity index (χ3n) is 7.96. The van der Waals surface area contributed by atoms with Crippen molar-refractivity contribution in [1.29, 1.82) is 5.26 Å². The lowest BCUT2D eigenvalue weighted by molar-refractivity contribution is -0.200. The molecule has 0 spiro atoms. The van der Waals surface area contributed by atoms with Gasteiger partial charge in [-0.2, -0.15) is 5.26 Å². The molecule has 6 rings (SSSR count). The molecule has 1 amide bonds. The number of rotatable bonds is 9. The Kier molecular flexibility index (Phi) is 8.92. The van der Waals surface area contributed by atoms with Crippen molar-refractivity contribution >= 4 is 23.2 Å². The maximum Gasteiger partial charge on any atom is 0.236 e. The number of halogens is 1. The number of benzene rings is 1. The Balaban J connectivity index is 1.21. The minimum atomic E-state index is -1.03. The molecule has 228 valence electrons. The molecule has 0 bridgehead atoms. The van der Waals surface area contributed by atoms with E-state index in [9.17, 15) is 14.3 Å². The predicted octanol–water partition coefficient (Wildman–Crippen LogP) is 2.86. The number of nitriles is 1. The molecule has 1 aromatic carbocycles. The van der Waals surface area contributed by atoms with Crippen LogP contribution in [-0.2, 0) is 16.1 Å². The number of carbonyl (C=O) groups is 1. The van der Waals surface area contributed by atoms with E-state index in [4.69, 9.17) is 20.0 Å². The molecule has 2 atom stereocenters. The first-order valence-corrected chi connectivity index (χ1v) is 14.7. The highest BCUT2D eigenvalue weighted by Crippen LogP contribution is 2.26. The van der Waals surface area contributed by atoms with Gasteiger partial charge in [0.05, 0.1) is 18.9 Å². The lowest BCUT2D eigenvalue weighted by Crippen LogP contribution is -2.51. The molecule has 3 aromatic heterocycles. The number of ether oxygens (including phenoxy) is 1. The molecule has 1 unspecified atom stereocenters. The summed E-state index contributed by atoms with van der Waals surface area (Å²) in [6, 6.07) is 16.4. The van der Waals surface area contributed by atoms with Gasteiger partial charge in [0.2, 0.25) is 12.3 Å². The normalized spacial score (nSPS) is 18.2. The number of piperazine rings is 1. The van der Waals surface area contributed by atoms with Gasteiger partial charge in [-0.1, -0.05) is 30.3 Å². The van der Waals surface area contributed by atoms with Gasteiger partial charge in [0, 0.05) is 57.6 Å². The second-order valence-electron chi connectivity index (χ2n) is 11.0. The number of hydrogen-bond donors (Lipinski definition) is 2. The minimum Gasteiger partial charge on any atom is -0.365 e. The standard InChI is InChI=1S/C31H34FN9O3/c32-23-8-9-27-34-18-25(41(27)19-23)30-36-26(35-24-7-4-12-40(20-24)29(42)10-11-33)17-28(37-30)38-13-15-39(16-14-38)31(43)44-21-22-5-2-1-3-6-22/h1-3,5-6,8-9,17-19,24,31,43H,4,7,10,12-16,20-21H2,(H,35,36,37)/t24-,31?/m1/s1. The van der Waals surface area contributed by atoms with Crippen LogP contribution in [0.3, 0.4) is 0 Å². The SMILES string of the molecule is N#CCC(=O)N1CCC[C@@H](Nc2cc(N3CCN(C(O)OCc4ccccc4)CC3)nc(-c3cnc4ccc(F)cn34)n2)C1. The Morgan fingerprint density at radius 1 is 1.14 bits per heavy atom. The molecular weight excluding hydrogens is 565 g/mol. The Morgan fingerprint density at radius 3 is 2.75 bits per heavy atom. The Labute approximate surface area is 254 Å². The average Bonchev–Trinajstić information content (AvgIpc) is 3.47. The number of hydrogen-bond acceptors (Lipinski definition) is 10. The first kappa shape index (κ1) is 29.4. The van der Waals surface area contributed by atoms with Crippen molar-refractivity contribution in [1.82, 2.24) is 29.2 Å². The van der Waals surface area contributed by atoms with Crippen LogP contribution in [-0.4, -0.2) is 91.9 Å². The van der Waals surface area contributed by atoms with Crippen LogP contribution in [0, 0.1) is 17.1 Å². The van der Waals surface area contributed by atoms with Crippen molar-refractivity contribution in [3.05, 3.63) is 72.3 Å². The molecule has 0 saturated carbocycles. The number of aliphatic hydroxyl groups is 1. The number of aliphatic hydroxyl groups excluding tert-OH is 1. The first-order chi connectivity index (χ1) is 21.5. The van der Waals surface area contributed by atoms with Crippen molar-refractivity contribution in [3.63, 3.8) is 0 Å². The Hall–Kier alpha value is -4.64. The van der Waals surface area contributed by atoms with Crippen LogP contribution in [0.5, 0.6) is 0 Å². The van der Waals surface area contributed by atoms with Crippen LogP contribution in [0.25, 0.3) is 17.2 Å². The molecule has 12 nitrogen and oxygen atoms in total. The summed E-state index contributed by atoms with van der Waals surface area (Å²) >= 11 is 0. The number of likely N-dealkylation sites (tertiary alicyclic amines) is 1. The summed E-state index contributed by atoms with van der Waals surface area (Å²) in [5.41, 5.74) is 2.10. The molecule has 0 aliphatic carbocycles. The number of aromatic nitrogens is 4. The Morgan fingerprint density at radius 2 is 1.95 bits per heavy atom. The van der Waals surface area contributed by atoms with Crippen LogP contribution < -0.4 is 10.2 Å². The van der Waals surface area contributed by atoms with Crippen molar-refractivity contribution in [2.45, 2.75) is 38.3 Å². The number of nitrogens with zero attached hydrogens (tertiary/aromatic N) is 8. The summed E-state index contributed by atoms with van der Waals surface area (Å²) in [5, 5.41) is 23.1. The summed E-state index contributed by atoms with van der Waals surface area (Å²) in [7, 11) is 0. The van der Waals surface area contributed by atoms with Crippen LogP contribution in [0.4, 0.5) is 16.0 Å². The fourth-order valence-electron chi connectivity index (χ4n) is 5.64. The van der Waals surface area contributed by atoms with Gasteiger partial charge in [0.1, 0.15) is 35.2 Å². The minimum absolute atomic E-state index is 0.0598. The highest BCUT2D eigenvalue weighted by molar-refractivity contribution is 5.78. The second-order valence-corrected chi connectivity index (χ2v) is 11.0. The molecule has 4 aromatic rings. The molecule has 2 aliphatic rings. The van der Waals surface area contributed by atoms with Crippen LogP contribution >= 0.6 is 0 Å². The van der Waals surface area contributed by atoms with Gasteiger partial charge in [0.15, 0.2) is 5.82 Å². The summed E-state index contributed by atoms with van der Waals surface area (Å²) in [6.07, 6.45) is 3.46. The smallest absolute Gasteiger partial charge is 0.236 e. The second kappa shape index (κ2) is 13.3. The molecule has 13 heteroatoms. The summed E-state index contributed by atoms with van der Waals surface area (Å²) in [4.78, 5) is 32.1. The number of piperidine rings is 1. The fraction of sp³-hybridized carbons (Fsp3) is 0.387. The van der Waals surface area contributed by atoms with E-state index in [1.165, 1.54) is 12.3 Å². The Bertz CT molecular complexity index is 1640. The van der Waals surface area contributed by atoms with Gasteiger partial charge in [-0.15, -0.1) is 0 Å². The maximum absolute atomic E-state index is 14.2. The van der Waals surface area contributed by atoms with Gasteiger partial charge in [-0.05, 0) is 30.5 Å². The summed E-state index contributed by atoms with van der Waals surface area (Å²) in [6.45, 7) is 3.68. The lowest BCUT2D eigenvalue weighted by atomic mass is 10.1. The first-order valence-electron chi connectivity index (χ1n) is 14.7. The highest BCUT2D eigenvalue weighted by atomic mass is 19.1. The number of nitrogens with one attached hydrogen (secondary N) is 1. The summed E-state index contributed by atoms with van der Waals surface area (Å²) < 4.78 is 21.5. The zero-order chi connectivity index (χ0) is 30.5. The number of carbonyl (C=O) groups excluding carboxylic acids is 1. The van der Waals surface area contributed by atoms with E-state index in [2.05, 4.69) is 15.2 Å². The van der Waals surface area contributed by atoms with Crippen molar-refractivity contribution in [2.24, 2.45) is 0 Å². The molecule has 0 radical (unpaired) electrons. The average molecular weight is 600 g/mol. The van der Waals surface area contributed by atoms with E-state index >= 15 is 0 Å². The number of fused-ring (bicyclic) bond motifs is 1. The van der Waals surface area contributed by atoms with Crippen LogP contribution in [0.2, 0.25) is 0 Å². The van der Waals surface area contributed by atoms with E-state index in [-0.39, 0.29) is 18.4 Å². The molecule has 2 N–H and O–H groups in total. The quantitative estimate of drug-likeness (QED) is 0.277. The van der Waals surface area contributed by atoms with Gasteiger partial charge < -0.3 is 25.0 Å². The number of imidazole rings is 1. The molecule has 2 saturated heterocycles. The van der Waals surface area contributed by atoms with Gasteiger partial charge in [-0.25, -0.2) is 19.3 Å². The number of anilines is 2. The molecule has 2 aliphatic heterocycles. The van der Waals surface area contributed by atoms with E-state index in [1.807, 2.05) is 47.4 Å². The number of amides is 1. The van der Waals surface area contributed by atoms with Gasteiger partial charge in [-0.3, -0.25) is 14.1 Å². The van der Waals surface area contributed by atoms with E-state index in [0.29, 0.717) is 74.7 Å². The predicted molar refractivity (Wildman–Crippen MR) is 161 cm³/mol. The van der Waals surface area contributed by atoms with Crippen LogP contribution in [0.15, 0.2) is 60.9 Å². The molecule has 44 heavy (non-hydrogen) atoms. The third-order valence-corrected chi connectivity index (χ3v) is 7.96. The topological polar surface area (TPSA) is 135 Å². The third kappa shape index (κ3) is 6.78. The molecular formula is C31H34FN9O3. The largest absolute Gasteiger partial charge is 0.365 e. The van der Waals surface area contributed by atoms with E-state index < -0.39 is 12.2 Å². The maximum atomic E-state index is 14.2. The lowest BCUT2D eigenvalue weighted by Gasteiger charge is -2.37. The molecule has 5 heterocycles. The van der Waals surface area contributed by atoms with E-state index in [1.54, 1.807) is 21.6 Å². The fourth-order valence-corrected chi connectivity index (χ4v) is 5.64. The summed E-state index contributed by atoms with van der Waals surface area (Å²) in [5.74, 6) is 1.05. The number of pyridine rings is 1. The van der Waals surface area contributed by atoms with Crippen molar-refractivity contribution in [3.8, 4) is 17.6 Å². The van der Waals surface area contributed by atoms with Gasteiger partial charge >= 0.3 is 0 Å². The molecule has 2 fully saturated rings.